The number of rotatable bonds is 6. The molecule has 2 aliphatic heterocycles. The first-order chi connectivity index (χ1) is 15.2. The largest absolute Gasteiger partial charge is 0.467 e. The molecule has 0 atom stereocenters. The Hall–Kier alpha value is -3.24. The molecule has 3 aromatic rings. The van der Waals surface area contributed by atoms with Crippen LogP contribution in [-0.2, 0) is 4.74 Å². The van der Waals surface area contributed by atoms with Gasteiger partial charge in [0.1, 0.15) is 6.33 Å². The van der Waals surface area contributed by atoms with Crippen molar-refractivity contribution in [1.29, 1.82) is 0 Å². The van der Waals surface area contributed by atoms with Gasteiger partial charge in [0.15, 0.2) is 5.82 Å². The average Bonchev–Trinajstić information content (AvgIpc) is 3.21. The van der Waals surface area contributed by atoms with Crippen LogP contribution in [0, 0.1) is 6.92 Å². The molecule has 10 heteroatoms. The summed E-state index contributed by atoms with van der Waals surface area (Å²) in [6.45, 7) is 8.03. The second kappa shape index (κ2) is 8.48. The second-order valence-electron chi connectivity index (χ2n) is 7.81. The number of nitrogens with zero attached hydrogens (tertiary/aromatic N) is 7. The highest BCUT2D eigenvalue weighted by Gasteiger charge is 2.29. The fourth-order valence-corrected chi connectivity index (χ4v) is 3.91. The van der Waals surface area contributed by atoms with Crippen LogP contribution in [-0.4, -0.2) is 82.2 Å². The topological polar surface area (TPSA) is 93.5 Å². The van der Waals surface area contributed by atoms with E-state index < -0.39 is 0 Å². The number of hydrogen-bond donors (Lipinski definition) is 1. The molecule has 0 radical (unpaired) electrons. The van der Waals surface area contributed by atoms with Crippen molar-refractivity contribution >= 4 is 17.3 Å². The minimum Gasteiger partial charge on any atom is -0.467 e. The lowest BCUT2D eigenvalue weighted by atomic mass is 10.1. The number of hydrogen-bond acceptors (Lipinski definition) is 9. The van der Waals surface area contributed by atoms with Crippen LogP contribution in [0.4, 0.5) is 17.3 Å². The van der Waals surface area contributed by atoms with Crippen molar-refractivity contribution in [3.8, 4) is 11.8 Å². The second-order valence-corrected chi connectivity index (χ2v) is 7.81. The van der Waals surface area contributed by atoms with E-state index in [0.29, 0.717) is 17.8 Å². The van der Waals surface area contributed by atoms with Crippen LogP contribution < -0.4 is 15.0 Å². The number of aromatic nitrogens is 5. The summed E-state index contributed by atoms with van der Waals surface area (Å²) >= 11 is 0. The van der Waals surface area contributed by atoms with Crippen molar-refractivity contribution in [1.82, 2.24) is 29.6 Å². The number of ether oxygens (including phenoxy) is 2. The number of aryl methyl sites for hydroxylation is 1. The Morgan fingerprint density at radius 2 is 1.94 bits per heavy atom. The van der Waals surface area contributed by atoms with Crippen molar-refractivity contribution in [2.24, 2.45) is 0 Å². The van der Waals surface area contributed by atoms with Gasteiger partial charge in [0.25, 0.3) is 0 Å². The zero-order chi connectivity index (χ0) is 21.2. The number of methoxy groups -OCH3 is 1. The van der Waals surface area contributed by atoms with Crippen molar-refractivity contribution < 1.29 is 9.47 Å². The summed E-state index contributed by atoms with van der Waals surface area (Å²) in [4.78, 5) is 17.6. The lowest BCUT2D eigenvalue weighted by Crippen LogP contribution is -2.56. The highest BCUT2D eigenvalue weighted by molar-refractivity contribution is 5.64. The third-order valence-electron chi connectivity index (χ3n) is 5.66. The molecule has 2 fully saturated rings. The molecule has 1 aromatic carbocycles. The molecule has 0 aliphatic carbocycles. The van der Waals surface area contributed by atoms with Crippen molar-refractivity contribution in [3.05, 3.63) is 42.4 Å². The van der Waals surface area contributed by atoms with Gasteiger partial charge in [-0.3, -0.25) is 4.90 Å². The summed E-state index contributed by atoms with van der Waals surface area (Å²) in [7, 11) is 1.53. The highest BCUT2D eigenvalue weighted by atomic mass is 16.5. The van der Waals surface area contributed by atoms with E-state index in [-0.39, 0.29) is 6.01 Å². The first kappa shape index (κ1) is 19.7. The maximum Gasteiger partial charge on any atom is 0.318 e. The molecule has 5 rings (SSSR count). The van der Waals surface area contributed by atoms with Crippen LogP contribution >= 0.6 is 0 Å². The average molecular weight is 422 g/mol. The lowest BCUT2D eigenvalue weighted by Gasteiger charge is -2.43. The molecule has 1 N–H and O–H groups in total. The molecule has 2 saturated heterocycles. The zero-order valence-electron chi connectivity index (χ0n) is 17.7. The zero-order valence-corrected chi connectivity index (χ0v) is 17.7. The van der Waals surface area contributed by atoms with Gasteiger partial charge in [-0.05, 0) is 30.7 Å². The van der Waals surface area contributed by atoms with E-state index in [4.69, 9.17) is 9.47 Å². The number of benzene rings is 1. The van der Waals surface area contributed by atoms with Gasteiger partial charge in [-0.1, -0.05) is 0 Å². The van der Waals surface area contributed by atoms with Gasteiger partial charge in [-0.25, -0.2) is 9.67 Å². The minimum atomic E-state index is 0.288. The lowest BCUT2D eigenvalue weighted by molar-refractivity contribution is -0.0660. The van der Waals surface area contributed by atoms with Gasteiger partial charge in [-0.15, -0.1) is 5.10 Å². The predicted molar refractivity (Wildman–Crippen MR) is 116 cm³/mol. The van der Waals surface area contributed by atoms with Gasteiger partial charge in [0, 0.05) is 49.8 Å². The van der Waals surface area contributed by atoms with Crippen molar-refractivity contribution in [2.45, 2.75) is 13.0 Å². The molecule has 0 spiro atoms. The first-order valence-corrected chi connectivity index (χ1v) is 10.4. The smallest absolute Gasteiger partial charge is 0.318 e. The number of piperazine rings is 1. The molecular weight excluding hydrogens is 396 g/mol. The van der Waals surface area contributed by atoms with Crippen LogP contribution in [0.15, 0.2) is 36.8 Å². The quantitative estimate of drug-likeness (QED) is 0.636. The molecular formula is C21H26N8O2. The fraction of sp³-hybridized carbons (Fsp3) is 0.429. The summed E-state index contributed by atoms with van der Waals surface area (Å²) in [6.07, 6.45) is 3.24. The Bertz CT molecular complexity index is 1040. The summed E-state index contributed by atoms with van der Waals surface area (Å²) in [5.74, 6) is 1.09. The van der Waals surface area contributed by atoms with E-state index in [9.17, 15) is 0 Å². The molecule has 162 valence electrons. The Morgan fingerprint density at radius 3 is 2.68 bits per heavy atom. The van der Waals surface area contributed by atoms with Gasteiger partial charge < -0.3 is 19.7 Å². The molecule has 0 saturated carbocycles. The standard InChI is InChI=1S/C21H26N8O2/c1-15-9-16(11-17(10-15)27-5-7-28(8-6-27)18-12-31-13-18)24-20-23-14-29(26-20)19-3-4-22-21(25-19)30-2/h3-4,9-11,14,18H,5-8,12-13H2,1-2H3,(H,24,26). The molecule has 4 heterocycles. The summed E-state index contributed by atoms with van der Waals surface area (Å²) in [5.41, 5.74) is 3.37. The van der Waals surface area contributed by atoms with E-state index in [1.807, 2.05) is 0 Å². The van der Waals surface area contributed by atoms with Gasteiger partial charge in [0.2, 0.25) is 5.95 Å². The van der Waals surface area contributed by atoms with Gasteiger partial charge >= 0.3 is 6.01 Å². The van der Waals surface area contributed by atoms with Gasteiger partial charge in [0.05, 0.1) is 26.4 Å². The predicted octanol–water partition coefficient (Wildman–Crippen LogP) is 1.64. The number of nitrogens with one attached hydrogen (secondary N) is 1. The molecule has 2 aromatic heterocycles. The first-order valence-electron chi connectivity index (χ1n) is 10.4. The van der Waals surface area contributed by atoms with Crippen LogP contribution in [0.2, 0.25) is 0 Å². The third kappa shape index (κ3) is 4.30. The summed E-state index contributed by atoms with van der Waals surface area (Å²) in [5, 5.41) is 7.80. The Labute approximate surface area is 180 Å². The molecule has 0 amide bonds. The van der Waals surface area contributed by atoms with E-state index in [0.717, 1.165) is 45.1 Å². The maximum atomic E-state index is 5.34. The Morgan fingerprint density at radius 1 is 1.10 bits per heavy atom. The van der Waals surface area contributed by atoms with E-state index in [1.165, 1.54) is 18.4 Å². The van der Waals surface area contributed by atoms with Crippen molar-refractivity contribution in [3.63, 3.8) is 0 Å². The van der Waals surface area contributed by atoms with Gasteiger partial charge in [-0.2, -0.15) is 9.97 Å². The maximum absolute atomic E-state index is 5.34. The summed E-state index contributed by atoms with van der Waals surface area (Å²) in [6, 6.07) is 9.13. The van der Waals surface area contributed by atoms with Crippen LogP contribution in [0.1, 0.15) is 5.56 Å². The third-order valence-corrected chi connectivity index (χ3v) is 5.66. The molecule has 0 unspecified atom stereocenters. The normalized spacial score (nSPS) is 17.4. The molecule has 31 heavy (non-hydrogen) atoms. The minimum absolute atomic E-state index is 0.288. The Kier molecular flexibility index (Phi) is 5.39. The SMILES string of the molecule is COc1nccc(-n2cnc(Nc3cc(C)cc(N4CCN(C5COC5)CC4)c3)n2)n1. The summed E-state index contributed by atoms with van der Waals surface area (Å²) < 4.78 is 12.0. The highest BCUT2D eigenvalue weighted by Crippen LogP contribution is 2.26. The molecule has 10 nitrogen and oxygen atoms in total. The van der Waals surface area contributed by atoms with E-state index >= 15 is 0 Å². The Balaban J connectivity index is 1.28. The van der Waals surface area contributed by atoms with Crippen LogP contribution in [0.3, 0.4) is 0 Å². The van der Waals surface area contributed by atoms with Crippen LogP contribution in [0.25, 0.3) is 5.82 Å². The molecule has 0 bridgehead atoms. The number of anilines is 3. The monoisotopic (exact) mass is 422 g/mol. The molecule has 2 aliphatic rings. The van der Waals surface area contributed by atoms with E-state index in [2.05, 4.69) is 60.3 Å². The fourth-order valence-electron chi connectivity index (χ4n) is 3.91. The van der Waals surface area contributed by atoms with Crippen molar-refractivity contribution in [2.75, 3.05) is 56.7 Å². The van der Waals surface area contributed by atoms with E-state index in [1.54, 1.807) is 23.3 Å². The van der Waals surface area contributed by atoms with Crippen LogP contribution in [0.5, 0.6) is 6.01 Å².